The number of rotatable bonds is 6. The van der Waals surface area contributed by atoms with Gasteiger partial charge in [-0.3, -0.25) is 9.69 Å². The summed E-state index contributed by atoms with van der Waals surface area (Å²) in [6.45, 7) is 2.79. The second-order valence-electron chi connectivity index (χ2n) is 4.51. The largest absolute Gasteiger partial charge is 0.468 e. The van der Waals surface area contributed by atoms with Gasteiger partial charge in [-0.1, -0.05) is 0 Å². The second kappa shape index (κ2) is 6.56. The molecule has 2 rings (SSSR count). The molecule has 18 heavy (non-hydrogen) atoms. The van der Waals surface area contributed by atoms with Crippen LogP contribution in [0.2, 0.25) is 0 Å². The van der Waals surface area contributed by atoms with Crippen molar-refractivity contribution in [1.29, 1.82) is 0 Å². The first-order valence-corrected chi connectivity index (χ1v) is 6.34. The third-order valence-electron chi connectivity index (χ3n) is 3.22. The number of hydrogen-bond acceptors (Lipinski definition) is 4. The summed E-state index contributed by atoms with van der Waals surface area (Å²) in [6.07, 6.45) is 4.10. The maximum absolute atomic E-state index is 11.4. The summed E-state index contributed by atoms with van der Waals surface area (Å²) < 4.78 is 10.3. The number of ether oxygens (including phenoxy) is 1. The molecule has 5 nitrogen and oxygen atoms in total. The zero-order valence-corrected chi connectivity index (χ0v) is 10.7. The van der Waals surface area contributed by atoms with E-state index >= 15 is 0 Å². The molecule has 1 N–H and O–H groups in total. The minimum atomic E-state index is -0.0896. The lowest BCUT2D eigenvalue weighted by Crippen LogP contribution is -2.37. The summed E-state index contributed by atoms with van der Waals surface area (Å²) in [5.41, 5.74) is 0. The molecular formula is C13H20N2O3. The Morgan fingerprint density at radius 2 is 2.33 bits per heavy atom. The van der Waals surface area contributed by atoms with Gasteiger partial charge < -0.3 is 14.5 Å². The summed E-state index contributed by atoms with van der Waals surface area (Å²) in [5.74, 6) is 0.822. The Morgan fingerprint density at radius 3 is 2.94 bits per heavy atom. The van der Waals surface area contributed by atoms with Crippen LogP contribution in [0.4, 0.5) is 0 Å². The van der Waals surface area contributed by atoms with Crippen molar-refractivity contribution in [3.63, 3.8) is 0 Å². The van der Waals surface area contributed by atoms with Crippen LogP contribution in [-0.4, -0.2) is 44.2 Å². The van der Waals surface area contributed by atoms with Gasteiger partial charge in [0.15, 0.2) is 0 Å². The first-order valence-electron chi connectivity index (χ1n) is 6.34. The first kappa shape index (κ1) is 13.1. The van der Waals surface area contributed by atoms with E-state index in [1.165, 1.54) is 20.0 Å². The number of amides is 1. The van der Waals surface area contributed by atoms with Crippen LogP contribution in [0, 0.1) is 0 Å². The van der Waals surface area contributed by atoms with Gasteiger partial charge in [0.05, 0.1) is 12.3 Å². The van der Waals surface area contributed by atoms with E-state index in [9.17, 15) is 4.79 Å². The summed E-state index contributed by atoms with van der Waals surface area (Å²) in [6, 6.07) is 3.98. The molecule has 1 aliphatic heterocycles. The van der Waals surface area contributed by atoms with Gasteiger partial charge >= 0.3 is 0 Å². The van der Waals surface area contributed by atoms with Crippen LogP contribution in [0.15, 0.2) is 22.8 Å². The number of methoxy groups -OCH3 is 1. The maximum atomic E-state index is 11.4. The van der Waals surface area contributed by atoms with E-state index in [2.05, 4.69) is 10.2 Å². The quantitative estimate of drug-likeness (QED) is 0.826. The molecule has 1 aromatic rings. The van der Waals surface area contributed by atoms with Crippen LogP contribution in [0.1, 0.15) is 24.6 Å². The fourth-order valence-electron chi connectivity index (χ4n) is 2.34. The number of nitrogens with zero attached hydrogens (tertiary/aromatic N) is 1. The van der Waals surface area contributed by atoms with Crippen molar-refractivity contribution in [3.05, 3.63) is 24.2 Å². The molecule has 1 unspecified atom stereocenters. The smallest absolute Gasteiger partial charge is 0.246 e. The van der Waals surface area contributed by atoms with Crippen molar-refractivity contribution in [1.82, 2.24) is 10.2 Å². The van der Waals surface area contributed by atoms with E-state index < -0.39 is 0 Å². The van der Waals surface area contributed by atoms with E-state index in [1.54, 1.807) is 6.26 Å². The predicted octanol–water partition coefficient (Wildman–Crippen LogP) is 1.18. The van der Waals surface area contributed by atoms with Crippen molar-refractivity contribution >= 4 is 5.91 Å². The minimum absolute atomic E-state index is 0.0896. The molecule has 1 atom stereocenters. The van der Waals surface area contributed by atoms with Gasteiger partial charge in [0, 0.05) is 13.7 Å². The Bertz CT molecular complexity index is 358. The van der Waals surface area contributed by atoms with E-state index in [4.69, 9.17) is 9.15 Å². The molecule has 1 aliphatic rings. The summed E-state index contributed by atoms with van der Waals surface area (Å²) in [7, 11) is 1.52. The van der Waals surface area contributed by atoms with Gasteiger partial charge in [0.2, 0.25) is 5.91 Å². The summed E-state index contributed by atoms with van der Waals surface area (Å²) in [4.78, 5) is 13.8. The van der Waals surface area contributed by atoms with Crippen molar-refractivity contribution in [3.8, 4) is 0 Å². The van der Waals surface area contributed by atoms with E-state index in [1.807, 2.05) is 12.1 Å². The van der Waals surface area contributed by atoms with Gasteiger partial charge in [0.25, 0.3) is 0 Å². The van der Waals surface area contributed by atoms with Gasteiger partial charge in [-0.25, -0.2) is 0 Å². The summed E-state index contributed by atoms with van der Waals surface area (Å²) >= 11 is 0. The van der Waals surface area contributed by atoms with Crippen molar-refractivity contribution in [2.24, 2.45) is 0 Å². The SMILES string of the molecule is COCC(=O)NCC(c1ccco1)N1CCCC1. The fraction of sp³-hybridized carbons (Fsp3) is 0.615. The third-order valence-corrected chi connectivity index (χ3v) is 3.22. The average Bonchev–Trinajstić information content (AvgIpc) is 3.02. The van der Waals surface area contributed by atoms with Gasteiger partial charge in [-0.15, -0.1) is 0 Å². The number of likely N-dealkylation sites (tertiary alicyclic amines) is 1. The van der Waals surface area contributed by atoms with Crippen molar-refractivity contribution in [2.75, 3.05) is 33.4 Å². The Balaban J connectivity index is 1.94. The van der Waals surface area contributed by atoms with E-state index in [-0.39, 0.29) is 18.6 Å². The zero-order chi connectivity index (χ0) is 12.8. The molecular weight excluding hydrogens is 232 g/mol. The topological polar surface area (TPSA) is 54.7 Å². The van der Waals surface area contributed by atoms with Crippen LogP contribution >= 0.6 is 0 Å². The lowest BCUT2D eigenvalue weighted by atomic mass is 10.2. The second-order valence-corrected chi connectivity index (χ2v) is 4.51. The molecule has 2 heterocycles. The molecule has 0 bridgehead atoms. The highest BCUT2D eigenvalue weighted by Crippen LogP contribution is 2.24. The van der Waals surface area contributed by atoms with Crippen LogP contribution in [0.5, 0.6) is 0 Å². The predicted molar refractivity (Wildman–Crippen MR) is 67.1 cm³/mol. The van der Waals surface area contributed by atoms with Crippen LogP contribution in [0.25, 0.3) is 0 Å². The minimum Gasteiger partial charge on any atom is -0.468 e. The fourth-order valence-corrected chi connectivity index (χ4v) is 2.34. The number of nitrogens with one attached hydrogen (secondary N) is 1. The monoisotopic (exact) mass is 252 g/mol. The van der Waals surface area contributed by atoms with Gasteiger partial charge in [-0.05, 0) is 38.1 Å². The normalized spacial score (nSPS) is 17.8. The highest BCUT2D eigenvalue weighted by atomic mass is 16.5. The number of carbonyl (C=O) groups excluding carboxylic acids is 1. The Morgan fingerprint density at radius 1 is 1.56 bits per heavy atom. The molecule has 1 aromatic heterocycles. The Kier molecular flexibility index (Phi) is 4.78. The highest BCUT2D eigenvalue weighted by molar-refractivity contribution is 5.77. The van der Waals surface area contributed by atoms with Crippen LogP contribution in [-0.2, 0) is 9.53 Å². The molecule has 0 saturated carbocycles. The molecule has 0 aromatic carbocycles. The number of carbonyl (C=O) groups is 1. The average molecular weight is 252 g/mol. The van der Waals surface area contributed by atoms with Crippen molar-refractivity contribution < 1.29 is 13.9 Å². The summed E-state index contributed by atoms with van der Waals surface area (Å²) in [5, 5.41) is 2.88. The van der Waals surface area contributed by atoms with E-state index in [0.717, 1.165) is 18.8 Å². The third kappa shape index (κ3) is 3.34. The molecule has 1 fully saturated rings. The first-order chi connectivity index (χ1) is 8.81. The van der Waals surface area contributed by atoms with Crippen molar-refractivity contribution in [2.45, 2.75) is 18.9 Å². The molecule has 1 saturated heterocycles. The zero-order valence-electron chi connectivity index (χ0n) is 10.7. The van der Waals surface area contributed by atoms with E-state index in [0.29, 0.717) is 6.54 Å². The lowest BCUT2D eigenvalue weighted by molar-refractivity contribution is -0.125. The Hall–Kier alpha value is -1.33. The number of hydrogen-bond donors (Lipinski definition) is 1. The molecule has 0 aliphatic carbocycles. The number of furan rings is 1. The molecule has 1 amide bonds. The van der Waals surface area contributed by atoms with Crippen LogP contribution < -0.4 is 5.32 Å². The Labute approximate surface area is 107 Å². The van der Waals surface area contributed by atoms with Crippen LogP contribution in [0.3, 0.4) is 0 Å². The molecule has 5 heteroatoms. The molecule has 0 spiro atoms. The maximum Gasteiger partial charge on any atom is 0.246 e. The molecule has 100 valence electrons. The molecule has 0 radical (unpaired) electrons. The van der Waals surface area contributed by atoms with Gasteiger partial charge in [0.1, 0.15) is 12.4 Å². The van der Waals surface area contributed by atoms with Gasteiger partial charge in [-0.2, -0.15) is 0 Å². The highest BCUT2D eigenvalue weighted by Gasteiger charge is 2.25. The lowest BCUT2D eigenvalue weighted by Gasteiger charge is -2.25. The standard InChI is InChI=1S/C13H20N2O3/c1-17-10-13(16)14-9-11(12-5-4-8-18-12)15-6-2-3-7-15/h4-5,8,11H,2-3,6-7,9-10H2,1H3,(H,14,16).